The molecule has 4 heteroatoms. The van der Waals surface area contributed by atoms with Crippen LogP contribution in [0.3, 0.4) is 0 Å². The molecule has 0 aliphatic heterocycles. The Bertz CT molecular complexity index is 3440. The summed E-state index contributed by atoms with van der Waals surface area (Å²) >= 11 is 0. The topological polar surface area (TPSA) is 26.2 Å². The molecule has 0 saturated carbocycles. The van der Waals surface area contributed by atoms with E-state index < -0.39 is 0 Å². The fourth-order valence-electron chi connectivity index (χ4n) is 9.06. The van der Waals surface area contributed by atoms with Crippen LogP contribution in [0.5, 0.6) is 0 Å². The summed E-state index contributed by atoms with van der Waals surface area (Å²) in [5.74, 6) is 0. The first kappa shape index (κ1) is 32.4. The molecule has 0 saturated heterocycles. The van der Waals surface area contributed by atoms with Crippen LogP contribution < -0.4 is 4.90 Å². The first-order chi connectivity index (χ1) is 28.8. The highest BCUT2D eigenvalue weighted by atomic mass is 16.3. The van der Waals surface area contributed by atoms with E-state index in [4.69, 9.17) is 4.42 Å². The zero-order valence-corrected chi connectivity index (χ0v) is 31.5. The Labute approximate surface area is 334 Å². The first-order valence-corrected chi connectivity index (χ1v) is 19.8. The predicted molar refractivity (Wildman–Crippen MR) is 243 cm³/mol. The lowest BCUT2D eigenvalue weighted by molar-refractivity contribution is 0.669. The maximum Gasteiger partial charge on any atom is 0.137 e. The Morgan fingerprint density at radius 2 is 0.759 bits per heavy atom. The molecule has 0 bridgehead atoms. The van der Waals surface area contributed by atoms with Crippen molar-refractivity contribution in [3.8, 4) is 22.5 Å². The van der Waals surface area contributed by atoms with Gasteiger partial charge in [-0.25, -0.2) is 0 Å². The highest BCUT2D eigenvalue weighted by Crippen LogP contribution is 2.41. The van der Waals surface area contributed by atoms with Crippen molar-refractivity contribution >= 4 is 82.6 Å². The van der Waals surface area contributed by atoms with Crippen molar-refractivity contribution in [3.63, 3.8) is 0 Å². The van der Waals surface area contributed by atoms with Gasteiger partial charge in [0.2, 0.25) is 0 Å². The monoisotopic (exact) mass is 741 g/mol. The van der Waals surface area contributed by atoms with E-state index in [-0.39, 0.29) is 0 Å². The summed E-state index contributed by atoms with van der Waals surface area (Å²) in [4.78, 5) is 2.32. The molecular weight excluding hydrogens is 707 g/mol. The molecule has 12 aromatic rings. The molecule has 0 amide bonds. The molecule has 0 unspecified atom stereocenters. The lowest BCUT2D eigenvalue weighted by atomic mass is 10.0. The van der Waals surface area contributed by atoms with Crippen molar-refractivity contribution in [2.45, 2.75) is 0 Å². The number of nitrogens with zero attached hydrogens (tertiary/aromatic N) is 3. The fourth-order valence-corrected chi connectivity index (χ4v) is 9.06. The average molecular weight is 742 g/mol. The van der Waals surface area contributed by atoms with E-state index in [0.717, 1.165) is 55.9 Å². The van der Waals surface area contributed by atoms with E-state index >= 15 is 0 Å². The van der Waals surface area contributed by atoms with Crippen molar-refractivity contribution in [3.05, 3.63) is 212 Å². The van der Waals surface area contributed by atoms with Crippen molar-refractivity contribution in [2.24, 2.45) is 0 Å². The highest BCUT2D eigenvalue weighted by molar-refractivity contribution is 6.11. The number of anilines is 3. The summed E-state index contributed by atoms with van der Waals surface area (Å²) in [6, 6.07) is 76.2. The lowest BCUT2D eigenvalue weighted by Gasteiger charge is -2.26. The standard InChI is InChI=1S/C54H35N3O/c1-2-12-38(13-3-1)56-51-20-10-6-16-45(51)48-34-37(24-33-52(48)56)36-22-25-39(26-23-36)55(42-31-32-47-46-17-7-11-21-53(46)58-54(47)35-42)40-27-29-41(30-28-40)57-49-18-8-4-14-43(49)44-15-5-9-19-50(44)57/h1-35H. The zero-order chi connectivity index (χ0) is 38.2. The lowest BCUT2D eigenvalue weighted by Crippen LogP contribution is -2.10. The Hall–Kier alpha value is -7.82. The second kappa shape index (κ2) is 12.9. The minimum Gasteiger partial charge on any atom is -0.456 e. The Morgan fingerprint density at radius 1 is 0.293 bits per heavy atom. The zero-order valence-electron chi connectivity index (χ0n) is 31.5. The maximum atomic E-state index is 6.41. The van der Waals surface area contributed by atoms with E-state index in [1.165, 1.54) is 49.2 Å². The molecule has 0 atom stereocenters. The summed E-state index contributed by atoms with van der Waals surface area (Å²) in [6.07, 6.45) is 0. The van der Waals surface area contributed by atoms with Gasteiger partial charge in [0.15, 0.2) is 0 Å². The molecule has 272 valence electrons. The van der Waals surface area contributed by atoms with Gasteiger partial charge in [-0.3, -0.25) is 0 Å². The summed E-state index contributed by atoms with van der Waals surface area (Å²) < 4.78 is 11.1. The van der Waals surface area contributed by atoms with Gasteiger partial charge >= 0.3 is 0 Å². The van der Waals surface area contributed by atoms with Gasteiger partial charge in [0.25, 0.3) is 0 Å². The minimum atomic E-state index is 0.866. The Balaban J connectivity index is 0.973. The van der Waals surface area contributed by atoms with Crippen LogP contribution >= 0.6 is 0 Å². The first-order valence-electron chi connectivity index (χ1n) is 19.8. The van der Waals surface area contributed by atoms with Crippen LogP contribution in [0.4, 0.5) is 17.1 Å². The van der Waals surface area contributed by atoms with Crippen LogP contribution in [0.25, 0.3) is 88.1 Å². The van der Waals surface area contributed by atoms with Crippen LogP contribution in [0.2, 0.25) is 0 Å². The number of rotatable bonds is 6. The van der Waals surface area contributed by atoms with Gasteiger partial charge in [0.05, 0.1) is 22.1 Å². The normalized spacial score (nSPS) is 11.8. The second-order valence-electron chi connectivity index (χ2n) is 15.0. The number of aromatic nitrogens is 2. The molecule has 0 fully saturated rings. The summed E-state index contributed by atoms with van der Waals surface area (Å²) in [5, 5.41) is 7.23. The predicted octanol–water partition coefficient (Wildman–Crippen LogP) is 14.9. The summed E-state index contributed by atoms with van der Waals surface area (Å²) in [6.45, 7) is 0. The van der Waals surface area contributed by atoms with Crippen LogP contribution in [-0.4, -0.2) is 9.13 Å². The van der Waals surface area contributed by atoms with E-state index in [9.17, 15) is 0 Å². The van der Waals surface area contributed by atoms with E-state index in [0.29, 0.717) is 0 Å². The molecule has 0 spiro atoms. The molecule has 3 aromatic heterocycles. The van der Waals surface area contributed by atoms with Gasteiger partial charge in [-0.15, -0.1) is 0 Å². The molecule has 9 aromatic carbocycles. The van der Waals surface area contributed by atoms with Crippen molar-refractivity contribution in [2.75, 3.05) is 4.90 Å². The largest absolute Gasteiger partial charge is 0.456 e. The molecule has 4 nitrogen and oxygen atoms in total. The number of benzene rings is 9. The van der Waals surface area contributed by atoms with Crippen LogP contribution in [0.1, 0.15) is 0 Å². The van der Waals surface area contributed by atoms with E-state index in [1.54, 1.807) is 0 Å². The molecule has 0 aliphatic carbocycles. The molecule has 0 N–H and O–H groups in total. The Morgan fingerprint density at radius 3 is 1.41 bits per heavy atom. The Kier molecular flexibility index (Phi) is 7.20. The van der Waals surface area contributed by atoms with Crippen LogP contribution in [0.15, 0.2) is 217 Å². The minimum absolute atomic E-state index is 0.866. The van der Waals surface area contributed by atoms with E-state index in [2.05, 4.69) is 214 Å². The summed E-state index contributed by atoms with van der Waals surface area (Å²) in [7, 11) is 0. The smallest absolute Gasteiger partial charge is 0.137 e. The van der Waals surface area contributed by atoms with Crippen molar-refractivity contribution in [1.29, 1.82) is 0 Å². The number of hydrogen-bond donors (Lipinski definition) is 0. The van der Waals surface area contributed by atoms with Gasteiger partial charge in [-0.1, -0.05) is 109 Å². The average Bonchev–Trinajstić information content (AvgIpc) is 3.95. The second-order valence-corrected chi connectivity index (χ2v) is 15.0. The molecule has 58 heavy (non-hydrogen) atoms. The van der Waals surface area contributed by atoms with Crippen LogP contribution in [-0.2, 0) is 0 Å². The molecule has 12 rings (SSSR count). The molecule has 0 aliphatic rings. The van der Waals surface area contributed by atoms with Gasteiger partial charge in [-0.05, 0) is 108 Å². The van der Waals surface area contributed by atoms with Crippen molar-refractivity contribution < 1.29 is 4.42 Å². The third-order valence-electron chi connectivity index (χ3n) is 11.7. The SMILES string of the molecule is c1ccc(-n2c3ccccc3c3cc(-c4ccc(N(c5ccc(-n6c7ccccc7c7ccccc76)cc5)c5ccc6c(c5)oc5ccccc56)cc4)ccc32)cc1. The number of hydrogen-bond acceptors (Lipinski definition) is 2. The van der Waals surface area contributed by atoms with Crippen molar-refractivity contribution in [1.82, 2.24) is 9.13 Å². The number of para-hydroxylation sites is 5. The quantitative estimate of drug-likeness (QED) is 0.170. The van der Waals surface area contributed by atoms with Crippen LogP contribution in [0, 0.1) is 0 Å². The maximum absolute atomic E-state index is 6.41. The molecule has 3 heterocycles. The van der Waals surface area contributed by atoms with Gasteiger partial charge in [-0.2, -0.15) is 0 Å². The molecule has 0 radical (unpaired) electrons. The van der Waals surface area contributed by atoms with E-state index in [1.807, 2.05) is 12.1 Å². The fraction of sp³-hybridized carbons (Fsp3) is 0. The van der Waals surface area contributed by atoms with Gasteiger partial charge in [0, 0.05) is 66.8 Å². The number of fused-ring (bicyclic) bond motifs is 9. The van der Waals surface area contributed by atoms with Gasteiger partial charge < -0.3 is 18.5 Å². The summed E-state index contributed by atoms with van der Waals surface area (Å²) in [5.41, 5.74) is 14.3. The van der Waals surface area contributed by atoms with Gasteiger partial charge in [0.1, 0.15) is 11.2 Å². The highest BCUT2D eigenvalue weighted by Gasteiger charge is 2.18. The third-order valence-corrected chi connectivity index (χ3v) is 11.7. The number of furan rings is 1. The third kappa shape index (κ3) is 5.02. The molecular formula is C54H35N3O.